The number of carbonyl (C=O) groups is 1. The summed E-state index contributed by atoms with van der Waals surface area (Å²) in [6.45, 7) is 0.685. The average Bonchev–Trinajstić information content (AvgIpc) is 3.00. The SMILES string of the molecule is NCCNC(=O)c1ccccc1NS(=O)(=O)C1CCCC1. The fraction of sp³-hybridized carbons (Fsp3) is 0.500. The van der Waals surface area contributed by atoms with Gasteiger partial charge in [0, 0.05) is 13.1 Å². The van der Waals surface area contributed by atoms with E-state index in [1.807, 2.05) is 0 Å². The van der Waals surface area contributed by atoms with Crippen molar-refractivity contribution >= 4 is 21.6 Å². The molecule has 1 amide bonds. The number of sulfonamides is 1. The normalized spacial score (nSPS) is 15.9. The van der Waals surface area contributed by atoms with Crippen LogP contribution in [0.2, 0.25) is 0 Å². The minimum atomic E-state index is -3.44. The van der Waals surface area contributed by atoms with Gasteiger partial charge in [0.2, 0.25) is 10.0 Å². The zero-order chi connectivity index (χ0) is 15.3. The van der Waals surface area contributed by atoms with Crippen molar-refractivity contribution < 1.29 is 13.2 Å². The van der Waals surface area contributed by atoms with Gasteiger partial charge >= 0.3 is 0 Å². The number of benzene rings is 1. The Labute approximate surface area is 125 Å². The molecule has 116 valence electrons. The Morgan fingerprint density at radius 3 is 2.57 bits per heavy atom. The number of carbonyl (C=O) groups excluding carboxylic acids is 1. The van der Waals surface area contributed by atoms with Crippen LogP contribution in [0.5, 0.6) is 0 Å². The van der Waals surface area contributed by atoms with Gasteiger partial charge in [0.15, 0.2) is 0 Å². The highest BCUT2D eigenvalue weighted by atomic mass is 32.2. The number of anilines is 1. The highest BCUT2D eigenvalue weighted by Crippen LogP contribution is 2.27. The van der Waals surface area contributed by atoms with E-state index >= 15 is 0 Å². The van der Waals surface area contributed by atoms with E-state index in [-0.39, 0.29) is 11.2 Å². The first kappa shape index (κ1) is 15.8. The van der Waals surface area contributed by atoms with Crippen LogP contribution in [0.3, 0.4) is 0 Å². The molecule has 1 aliphatic carbocycles. The second-order valence-electron chi connectivity index (χ2n) is 5.14. The summed E-state index contributed by atoms with van der Waals surface area (Å²) in [5.41, 5.74) is 5.98. The van der Waals surface area contributed by atoms with Crippen LogP contribution >= 0.6 is 0 Å². The minimum Gasteiger partial charge on any atom is -0.351 e. The van der Waals surface area contributed by atoms with Gasteiger partial charge < -0.3 is 11.1 Å². The number of hydrogen-bond donors (Lipinski definition) is 3. The topological polar surface area (TPSA) is 101 Å². The van der Waals surface area contributed by atoms with Gasteiger partial charge in [-0.2, -0.15) is 0 Å². The van der Waals surface area contributed by atoms with E-state index in [0.29, 0.717) is 37.2 Å². The van der Waals surface area contributed by atoms with Crippen LogP contribution in [0.1, 0.15) is 36.0 Å². The molecule has 1 fully saturated rings. The van der Waals surface area contributed by atoms with Crippen LogP contribution in [0.4, 0.5) is 5.69 Å². The third kappa shape index (κ3) is 3.95. The van der Waals surface area contributed by atoms with Crippen molar-refractivity contribution in [3.05, 3.63) is 29.8 Å². The maximum atomic E-state index is 12.3. The van der Waals surface area contributed by atoms with Crippen LogP contribution in [-0.2, 0) is 10.0 Å². The van der Waals surface area contributed by atoms with E-state index in [1.54, 1.807) is 24.3 Å². The lowest BCUT2D eigenvalue weighted by atomic mass is 10.1. The maximum Gasteiger partial charge on any atom is 0.253 e. The molecule has 1 aromatic rings. The van der Waals surface area contributed by atoms with E-state index in [2.05, 4.69) is 10.0 Å². The average molecular weight is 311 g/mol. The standard InChI is InChI=1S/C14H21N3O3S/c15-9-10-16-14(18)12-7-3-4-8-13(12)17-21(19,20)11-5-1-2-6-11/h3-4,7-8,11,17H,1-2,5-6,9-10,15H2,(H,16,18). The molecule has 0 radical (unpaired) electrons. The monoisotopic (exact) mass is 311 g/mol. The first-order valence-electron chi connectivity index (χ1n) is 7.13. The first-order valence-corrected chi connectivity index (χ1v) is 8.68. The summed E-state index contributed by atoms with van der Waals surface area (Å²) in [5.74, 6) is -0.329. The predicted molar refractivity (Wildman–Crippen MR) is 82.6 cm³/mol. The summed E-state index contributed by atoms with van der Waals surface area (Å²) in [4.78, 5) is 12.0. The van der Waals surface area contributed by atoms with Gasteiger partial charge in [-0.15, -0.1) is 0 Å². The molecule has 0 heterocycles. The minimum absolute atomic E-state index is 0.313. The number of nitrogens with two attached hydrogens (primary N) is 1. The van der Waals surface area contributed by atoms with Gasteiger partial charge in [-0.05, 0) is 25.0 Å². The third-order valence-electron chi connectivity index (χ3n) is 3.59. The zero-order valence-electron chi connectivity index (χ0n) is 11.8. The first-order chi connectivity index (χ1) is 10.0. The second kappa shape index (κ2) is 6.91. The van der Waals surface area contributed by atoms with Crippen molar-refractivity contribution in [2.45, 2.75) is 30.9 Å². The highest BCUT2D eigenvalue weighted by Gasteiger charge is 2.29. The number of amides is 1. The van der Waals surface area contributed by atoms with Gasteiger partial charge in [0.25, 0.3) is 5.91 Å². The molecule has 0 bridgehead atoms. The molecule has 0 saturated heterocycles. The molecule has 0 aromatic heterocycles. The Balaban J connectivity index is 2.18. The van der Waals surface area contributed by atoms with Gasteiger partial charge in [-0.25, -0.2) is 8.42 Å². The fourth-order valence-corrected chi connectivity index (χ4v) is 4.09. The van der Waals surface area contributed by atoms with Crippen molar-refractivity contribution in [3.8, 4) is 0 Å². The lowest BCUT2D eigenvalue weighted by Gasteiger charge is -2.16. The van der Waals surface area contributed by atoms with E-state index in [4.69, 9.17) is 5.73 Å². The molecule has 0 spiro atoms. The molecule has 0 atom stereocenters. The summed E-state index contributed by atoms with van der Waals surface area (Å²) >= 11 is 0. The molecular weight excluding hydrogens is 290 g/mol. The highest BCUT2D eigenvalue weighted by molar-refractivity contribution is 7.93. The number of rotatable bonds is 6. The molecular formula is C14H21N3O3S. The van der Waals surface area contributed by atoms with Crippen LogP contribution in [0.25, 0.3) is 0 Å². The van der Waals surface area contributed by atoms with Gasteiger partial charge in [-0.1, -0.05) is 25.0 Å². The summed E-state index contributed by atoms with van der Waals surface area (Å²) in [7, 11) is -3.44. The van der Waals surface area contributed by atoms with Crippen molar-refractivity contribution in [2.75, 3.05) is 17.8 Å². The molecule has 2 rings (SSSR count). The largest absolute Gasteiger partial charge is 0.351 e. The summed E-state index contributed by atoms with van der Waals surface area (Å²) in [5, 5.41) is 2.28. The lowest BCUT2D eigenvalue weighted by molar-refractivity contribution is 0.0955. The zero-order valence-corrected chi connectivity index (χ0v) is 12.7. The fourth-order valence-electron chi connectivity index (χ4n) is 2.49. The Kier molecular flexibility index (Phi) is 5.19. The molecule has 7 heteroatoms. The van der Waals surface area contributed by atoms with Crippen molar-refractivity contribution in [3.63, 3.8) is 0 Å². The molecule has 6 nitrogen and oxygen atoms in total. The van der Waals surface area contributed by atoms with Gasteiger partial charge in [0.1, 0.15) is 0 Å². The van der Waals surface area contributed by atoms with Gasteiger partial charge in [0.05, 0.1) is 16.5 Å². The lowest BCUT2D eigenvalue weighted by Crippen LogP contribution is -2.31. The quantitative estimate of drug-likeness (QED) is 0.731. The number of nitrogens with one attached hydrogen (secondary N) is 2. The van der Waals surface area contributed by atoms with Crippen LogP contribution in [0, 0.1) is 0 Å². The summed E-state index contributed by atoms with van der Waals surface area (Å²) in [6.07, 6.45) is 3.22. The Morgan fingerprint density at radius 1 is 1.24 bits per heavy atom. The van der Waals surface area contributed by atoms with E-state index in [0.717, 1.165) is 12.8 Å². The molecule has 0 unspecified atom stereocenters. The van der Waals surface area contributed by atoms with E-state index in [9.17, 15) is 13.2 Å². The third-order valence-corrected chi connectivity index (χ3v) is 5.45. The smallest absolute Gasteiger partial charge is 0.253 e. The van der Waals surface area contributed by atoms with Crippen molar-refractivity contribution in [1.82, 2.24) is 5.32 Å². The molecule has 1 saturated carbocycles. The molecule has 21 heavy (non-hydrogen) atoms. The van der Waals surface area contributed by atoms with Crippen molar-refractivity contribution in [1.29, 1.82) is 0 Å². The van der Waals surface area contributed by atoms with Crippen LogP contribution in [-0.4, -0.2) is 32.7 Å². The van der Waals surface area contributed by atoms with Crippen LogP contribution < -0.4 is 15.8 Å². The molecule has 4 N–H and O–H groups in total. The van der Waals surface area contributed by atoms with E-state index in [1.165, 1.54) is 0 Å². The Morgan fingerprint density at radius 2 is 1.90 bits per heavy atom. The molecule has 1 aliphatic rings. The Hall–Kier alpha value is -1.60. The number of para-hydroxylation sites is 1. The summed E-state index contributed by atoms with van der Waals surface area (Å²) < 4.78 is 27.2. The Bertz CT molecular complexity index is 595. The number of hydrogen-bond acceptors (Lipinski definition) is 4. The van der Waals surface area contributed by atoms with E-state index < -0.39 is 10.0 Å². The second-order valence-corrected chi connectivity index (χ2v) is 7.10. The van der Waals surface area contributed by atoms with Crippen molar-refractivity contribution in [2.24, 2.45) is 5.73 Å². The predicted octanol–water partition coefficient (Wildman–Crippen LogP) is 1.06. The maximum absolute atomic E-state index is 12.3. The summed E-state index contributed by atoms with van der Waals surface area (Å²) in [6, 6.07) is 6.60. The van der Waals surface area contributed by atoms with Gasteiger partial charge in [-0.3, -0.25) is 9.52 Å². The molecule has 0 aliphatic heterocycles. The molecule has 1 aromatic carbocycles. The van der Waals surface area contributed by atoms with Crippen LogP contribution in [0.15, 0.2) is 24.3 Å².